The maximum absolute atomic E-state index is 11.2. The Balaban J connectivity index is 3.88. The lowest BCUT2D eigenvalue weighted by Crippen LogP contribution is -2.46. The Labute approximate surface area is 139 Å². The van der Waals surface area contributed by atoms with Crippen molar-refractivity contribution in [1.82, 2.24) is 0 Å². The molecular weight excluding hydrogens is 324 g/mol. The summed E-state index contributed by atoms with van der Waals surface area (Å²) < 4.78 is 17.5. The SMILES string of the molecule is CCO[Si](CCCSCCSC(=O)CC)(OCC)OCC. The van der Waals surface area contributed by atoms with Crippen LogP contribution in [0.4, 0.5) is 0 Å². The molecule has 0 heterocycles. The van der Waals surface area contributed by atoms with Gasteiger partial charge in [0.1, 0.15) is 0 Å². The largest absolute Gasteiger partial charge is 0.500 e. The summed E-state index contributed by atoms with van der Waals surface area (Å²) in [5.41, 5.74) is 0. The molecule has 0 aliphatic heterocycles. The number of hydrogen-bond acceptors (Lipinski definition) is 6. The van der Waals surface area contributed by atoms with Gasteiger partial charge in [-0.2, -0.15) is 11.8 Å². The van der Waals surface area contributed by atoms with Gasteiger partial charge in [0.2, 0.25) is 0 Å². The molecule has 0 aromatic carbocycles. The third kappa shape index (κ3) is 10.8. The van der Waals surface area contributed by atoms with Crippen molar-refractivity contribution in [2.75, 3.05) is 37.1 Å². The first-order valence-electron chi connectivity index (χ1n) is 7.79. The molecule has 4 nitrogen and oxygen atoms in total. The first-order valence-corrected chi connectivity index (χ1v) is 11.9. The lowest BCUT2D eigenvalue weighted by molar-refractivity contribution is -0.110. The first kappa shape index (κ1) is 21.5. The molecule has 0 radical (unpaired) electrons. The predicted molar refractivity (Wildman–Crippen MR) is 95.1 cm³/mol. The Hall–Kier alpha value is 0.467. The Morgan fingerprint density at radius 2 is 1.48 bits per heavy atom. The van der Waals surface area contributed by atoms with Crippen molar-refractivity contribution in [1.29, 1.82) is 0 Å². The van der Waals surface area contributed by atoms with E-state index in [0.29, 0.717) is 26.2 Å². The highest BCUT2D eigenvalue weighted by Gasteiger charge is 2.39. The van der Waals surface area contributed by atoms with Crippen LogP contribution in [0.25, 0.3) is 0 Å². The topological polar surface area (TPSA) is 44.8 Å². The molecule has 0 unspecified atom stereocenters. The van der Waals surface area contributed by atoms with Crippen LogP contribution in [0.15, 0.2) is 0 Å². The number of carbonyl (C=O) groups is 1. The van der Waals surface area contributed by atoms with Gasteiger partial charge < -0.3 is 13.3 Å². The second-order valence-electron chi connectivity index (χ2n) is 4.27. The molecule has 0 aliphatic rings. The lowest BCUT2D eigenvalue weighted by atomic mass is 10.6. The molecule has 0 rings (SSSR count). The minimum Gasteiger partial charge on any atom is -0.374 e. The van der Waals surface area contributed by atoms with Gasteiger partial charge in [0.15, 0.2) is 5.12 Å². The van der Waals surface area contributed by atoms with Crippen LogP contribution in [-0.2, 0) is 18.1 Å². The zero-order chi connectivity index (χ0) is 16.0. The highest BCUT2D eigenvalue weighted by molar-refractivity contribution is 8.14. The van der Waals surface area contributed by atoms with Crippen LogP contribution in [0.1, 0.15) is 40.5 Å². The summed E-state index contributed by atoms with van der Waals surface area (Å²) in [5, 5.41) is 0.283. The van der Waals surface area contributed by atoms with Crippen molar-refractivity contribution >= 4 is 37.4 Å². The summed E-state index contributed by atoms with van der Waals surface area (Å²) in [7, 11) is -2.46. The van der Waals surface area contributed by atoms with E-state index in [1.54, 1.807) is 0 Å². The molecule has 0 saturated heterocycles. The molecule has 0 aromatic rings. The van der Waals surface area contributed by atoms with Crippen molar-refractivity contribution in [2.45, 2.75) is 46.6 Å². The number of thioether (sulfide) groups is 2. The summed E-state index contributed by atoms with van der Waals surface area (Å²) in [4.78, 5) is 11.2. The molecule has 0 amide bonds. The van der Waals surface area contributed by atoms with Crippen LogP contribution in [0.5, 0.6) is 0 Å². The molecule has 0 spiro atoms. The molecule has 126 valence electrons. The van der Waals surface area contributed by atoms with Gasteiger partial charge in [0.05, 0.1) is 0 Å². The van der Waals surface area contributed by atoms with Gasteiger partial charge in [-0.15, -0.1) is 0 Å². The third-order valence-electron chi connectivity index (χ3n) is 2.64. The number of carbonyl (C=O) groups excluding carboxylic acids is 1. The van der Waals surface area contributed by atoms with Gasteiger partial charge in [-0.3, -0.25) is 4.79 Å². The summed E-state index contributed by atoms with van der Waals surface area (Å²) in [6, 6.07) is 0.872. The Morgan fingerprint density at radius 1 is 0.905 bits per heavy atom. The summed E-state index contributed by atoms with van der Waals surface area (Å²) in [6.07, 6.45) is 1.66. The van der Waals surface area contributed by atoms with Gasteiger partial charge in [0, 0.05) is 43.8 Å². The predicted octanol–water partition coefficient (Wildman–Crippen LogP) is 3.83. The minimum atomic E-state index is -2.46. The summed E-state index contributed by atoms with van der Waals surface area (Å²) >= 11 is 3.32. The number of hydrogen-bond donors (Lipinski definition) is 0. The summed E-state index contributed by atoms with van der Waals surface area (Å²) in [6.45, 7) is 9.75. The monoisotopic (exact) mass is 354 g/mol. The highest BCUT2D eigenvalue weighted by atomic mass is 32.2. The molecule has 0 N–H and O–H groups in total. The molecular formula is C14H30O4S2Si. The van der Waals surface area contributed by atoms with E-state index in [0.717, 1.165) is 29.7 Å². The minimum absolute atomic E-state index is 0.283. The van der Waals surface area contributed by atoms with Gasteiger partial charge in [-0.05, 0) is 32.9 Å². The fourth-order valence-electron chi connectivity index (χ4n) is 1.81. The Morgan fingerprint density at radius 3 is 1.95 bits per heavy atom. The van der Waals surface area contributed by atoms with Crippen LogP contribution in [0, 0.1) is 0 Å². The molecule has 0 saturated carbocycles. The molecule has 0 bridgehead atoms. The van der Waals surface area contributed by atoms with Gasteiger partial charge in [-0.25, -0.2) is 0 Å². The van der Waals surface area contributed by atoms with Crippen LogP contribution < -0.4 is 0 Å². The van der Waals surface area contributed by atoms with Crippen molar-refractivity contribution in [2.24, 2.45) is 0 Å². The standard InChI is InChI=1S/C14H30O4S2Si/c1-5-14(15)20-12-11-19-10-9-13-21(16-6-2,17-7-3)18-8-4/h5-13H2,1-4H3. The molecule has 0 atom stereocenters. The highest BCUT2D eigenvalue weighted by Crippen LogP contribution is 2.20. The van der Waals surface area contributed by atoms with E-state index in [-0.39, 0.29) is 5.12 Å². The molecule has 0 aliphatic carbocycles. The zero-order valence-corrected chi connectivity index (χ0v) is 16.4. The van der Waals surface area contributed by atoms with E-state index in [2.05, 4.69) is 0 Å². The normalized spacial score (nSPS) is 11.8. The Bertz CT molecular complexity index is 250. The molecule has 21 heavy (non-hydrogen) atoms. The van der Waals surface area contributed by atoms with E-state index in [9.17, 15) is 4.79 Å². The number of rotatable bonds is 14. The van der Waals surface area contributed by atoms with E-state index in [1.807, 2.05) is 39.5 Å². The maximum atomic E-state index is 11.2. The van der Waals surface area contributed by atoms with Crippen molar-refractivity contribution < 1.29 is 18.1 Å². The van der Waals surface area contributed by atoms with E-state index in [1.165, 1.54) is 11.8 Å². The molecule has 0 aromatic heterocycles. The quantitative estimate of drug-likeness (QED) is 0.349. The van der Waals surface area contributed by atoms with Gasteiger partial charge in [0.25, 0.3) is 0 Å². The second kappa shape index (κ2) is 14.1. The van der Waals surface area contributed by atoms with Gasteiger partial charge >= 0.3 is 8.80 Å². The fourth-order valence-corrected chi connectivity index (χ4v) is 6.47. The van der Waals surface area contributed by atoms with Crippen molar-refractivity contribution in [3.05, 3.63) is 0 Å². The van der Waals surface area contributed by atoms with Crippen molar-refractivity contribution in [3.8, 4) is 0 Å². The Kier molecular flexibility index (Phi) is 14.4. The van der Waals surface area contributed by atoms with Crippen LogP contribution in [-0.4, -0.2) is 51.0 Å². The third-order valence-corrected chi connectivity index (χ3v) is 8.14. The average Bonchev–Trinajstić information content (AvgIpc) is 2.46. The van der Waals surface area contributed by atoms with Gasteiger partial charge in [-0.1, -0.05) is 18.7 Å². The maximum Gasteiger partial charge on any atom is 0.500 e. The van der Waals surface area contributed by atoms with Crippen LogP contribution in [0.3, 0.4) is 0 Å². The van der Waals surface area contributed by atoms with E-state index < -0.39 is 8.80 Å². The first-order chi connectivity index (χ1) is 10.1. The molecule has 7 heteroatoms. The second-order valence-corrected chi connectivity index (χ2v) is 9.38. The average molecular weight is 355 g/mol. The smallest absolute Gasteiger partial charge is 0.374 e. The van der Waals surface area contributed by atoms with Crippen molar-refractivity contribution in [3.63, 3.8) is 0 Å². The van der Waals surface area contributed by atoms with E-state index >= 15 is 0 Å². The molecule has 0 fully saturated rings. The fraction of sp³-hybridized carbons (Fsp3) is 0.929. The zero-order valence-electron chi connectivity index (χ0n) is 13.8. The van der Waals surface area contributed by atoms with E-state index in [4.69, 9.17) is 13.3 Å². The lowest BCUT2D eigenvalue weighted by Gasteiger charge is -2.28. The van der Waals surface area contributed by atoms with Crippen LogP contribution in [0.2, 0.25) is 6.04 Å². The summed E-state index contributed by atoms with van der Waals surface area (Å²) in [5.74, 6) is 2.98. The van der Waals surface area contributed by atoms with Crippen LogP contribution >= 0.6 is 23.5 Å².